The van der Waals surface area contributed by atoms with Gasteiger partial charge in [0.25, 0.3) is 0 Å². The van der Waals surface area contributed by atoms with Crippen LogP contribution in [-0.4, -0.2) is 23.7 Å². The SMILES string of the molecule is CCCC(CNC(=O)NCc1ccc(C)cc1)C(=O)O. The van der Waals surface area contributed by atoms with Crippen molar-refractivity contribution in [1.82, 2.24) is 10.6 Å². The van der Waals surface area contributed by atoms with Gasteiger partial charge in [0.2, 0.25) is 0 Å². The van der Waals surface area contributed by atoms with E-state index in [-0.39, 0.29) is 12.6 Å². The fourth-order valence-electron chi connectivity index (χ4n) is 1.83. The van der Waals surface area contributed by atoms with Crippen molar-refractivity contribution in [1.29, 1.82) is 0 Å². The molecular formula is C15H22N2O3. The molecule has 1 rings (SSSR count). The molecule has 0 aliphatic heterocycles. The van der Waals surface area contributed by atoms with Gasteiger partial charge in [-0.05, 0) is 18.9 Å². The lowest BCUT2D eigenvalue weighted by molar-refractivity contribution is -0.141. The number of nitrogens with one attached hydrogen (secondary N) is 2. The van der Waals surface area contributed by atoms with Crippen molar-refractivity contribution in [2.45, 2.75) is 33.2 Å². The number of carbonyl (C=O) groups is 2. The third-order valence-corrected chi connectivity index (χ3v) is 3.07. The monoisotopic (exact) mass is 278 g/mol. The van der Waals surface area contributed by atoms with Gasteiger partial charge in [0.1, 0.15) is 0 Å². The van der Waals surface area contributed by atoms with Crippen molar-refractivity contribution in [3.8, 4) is 0 Å². The lowest BCUT2D eigenvalue weighted by Gasteiger charge is -2.13. The predicted molar refractivity (Wildman–Crippen MR) is 77.5 cm³/mol. The van der Waals surface area contributed by atoms with E-state index in [1.165, 1.54) is 5.56 Å². The Bertz CT molecular complexity index is 443. The quantitative estimate of drug-likeness (QED) is 0.716. The molecule has 2 amide bonds. The Morgan fingerprint density at radius 2 is 1.85 bits per heavy atom. The van der Waals surface area contributed by atoms with Crippen LogP contribution < -0.4 is 10.6 Å². The minimum atomic E-state index is -0.870. The highest BCUT2D eigenvalue weighted by molar-refractivity contribution is 5.75. The number of amides is 2. The number of hydrogen-bond donors (Lipinski definition) is 3. The van der Waals surface area contributed by atoms with Crippen LogP contribution in [0.1, 0.15) is 30.9 Å². The summed E-state index contributed by atoms with van der Waals surface area (Å²) in [6.45, 7) is 4.51. The molecule has 1 atom stereocenters. The summed E-state index contributed by atoms with van der Waals surface area (Å²) in [6.07, 6.45) is 1.34. The van der Waals surface area contributed by atoms with Crippen LogP contribution in [-0.2, 0) is 11.3 Å². The molecule has 0 aliphatic carbocycles. The topological polar surface area (TPSA) is 78.4 Å². The first kappa shape index (κ1) is 16.0. The molecule has 0 radical (unpaired) electrons. The van der Waals surface area contributed by atoms with Gasteiger partial charge in [-0.3, -0.25) is 4.79 Å². The average Bonchev–Trinajstić information content (AvgIpc) is 2.42. The van der Waals surface area contributed by atoms with Crippen molar-refractivity contribution in [2.75, 3.05) is 6.54 Å². The molecule has 20 heavy (non-hydrogen) atoms. The zero-order chi connectivity index (χ0) is 15.0. The van der Waals surface area contributed by atoms with Crippen LogP contribution in [0.5, 0.6) is 0 Å². The van der Waals surface area contributed by atoms with Crippen molar-refractivity contribution >= 4 is 12.0 Å². The van der Waals surface area contributed by atoms with Gasteiger partial charge in [-0.2, -0.15) is 0 Å². The van der Waals surface area contributed by atoms with E-state index in [4.69, 9.17) is 5.11 Å². The average molecular weight is 278 g/mol. The molecular weight excluding hydrogens is 256 g/mol. The highest BCUT2D eigenvalue weighted by atomic mass is 16.4. The Morgan fingerprint density at radius 3 is 2.40 bits per heavy atom. The van der Waals surface area contributed by atoms with Gasteiger partial charge < -0.3 is 15.7 Å². The van der Waals surface area contributed by atoms with E-state index in [0.29, 0.717) is 13.0 Å². The van der Waals surface area contributed by atoms with Gasteiger partial charge in [0.05, 0.1) is 5.92 Å². The maximum Gasteiger partial charge on any atom is 0.315 e. The Hall–Kier alpha value is -2.04. The highest BCUT2D eigenvalue weighted by Crippen LogP contribution is 2.05. The molecule has 5 heteroatoms. The molecule has 110 valence electrons. The summed E-state index contributed by atoms with van der Waals surface area (Å²) < 4.78 is 0. The Morgan fingerprint density at radius 1 is 1.20 bits per heavy atom. The third-order valence-electron chi connectivity index (χ3n) is 3.07. The van der Waals surface area contributed by atoms with Crippen molar-refractivity contribution in [3.05, 3.63) is 35.4 Å². The van der Waals surface area contributed by atoms with E-state index in [2.05, 4.69) is 10.6 Å². The van der Waals surface area contributed by atoms with E-state index < -0.39 is 11.9 Å². The second-order valence-corrected chi connectivity index (χ2v) is 4.87. The fourth-order valence-corrected chi connectivity index (χ4v) is 1.83. The van der Waals surface area contributed by atoms with Crippen molar-refractivity contribution in [3.63, 3.8) is 0 Å². The maximum atomic E-state index is 11.6. The predicted octanol–water partition coefficient (Wildman–Crippen LogP) is 2.30. The zero-order valence-corrected chi connectivity index (χ0v) is 12.0. The van der Waals surface area contributed by atoms with E-state index in [1.807, 2.05) is 38.1 Å². The smallest absolute Gasteiger partial charge is 0.315 e. The van der Waals surface area contributed by atoms with Gasteiger partial charge in [-0.15, -0.1) is 0 Å². The Balaban J connectivity index is 2.32. The molecule has 5 nitrogen and oxygen atoms in total. The minimum Gasteiger partial charge on any atom is -0.481 e. The fraction of sp³-hybridized carbons (Fsp3) is 0.467. The number of carboxylic acids is 1. The molecule has 1 aromatic rings. The minimum absolute atomic E-state index is 0.156. The summed E-state index contributed by atoms with van der Waals surface area (Å²) >= 11 is 0. The van der Waals surface area contributed by atoms with Gasteiger partial charge in [-0.25, -0.2) is 4.79 Å². The van der Waals surface area contributed by atoms with E-state index in [1.54, 1.807) is 0 Å². The van der Waals surface area contributed by atoms with Gasteiger partial charge >= 0.3 is 12.0 Å². The molecule has 1 aromatic carbocycles. The highest BCUT2D eigenvalue weighted by Gasteiger charge is 2.16. The van der Waals surface area contributed by atoms with Gasteiger partial charge in [0, 0.05) is 13.1 Å². The lowest BCUT2D eigenvalue weighted by atomic mass is 10.0. The second-order valence-electron chi connectivity index (χ2n) is 4.87. The van der Waals surface area contributed by atoms with Crippen LogP contribution in [0.2, 0.25) is 0 Å². The first-order chi connectivity index (χ1) is 9.52. The number of aliphatic carboxylic acids is 1. The van der Waals surface area contributed by atoms with E-state index >= 15 is 0 Å². The molecule has 0 saturated carbocycles. The summed E-state index contributed by atoms with van der Waals surface area (Å²) in [6, 6.07) is 7.53. The number of urea groups is 1. The van der Waals surface area contributed by atoms with Crippen LogP contribution in [0.15, 0.2) is 24.3 Å². The summed E-state index contributed by atoms with van der Waals surface area (Å²) in [4.78, 5) is 22.5. The number of carboxylic acid groups (broad SMARTS) is 1. The van der Waals surface area contributed by atoms with Crippen LogP contribution in [0.3, 0.4) is 0 Å². The molecule has 0 fully saturated rings. The van der Waals surface area contributed by atoms with Gasteiger partial charge in [-0.1, -0.05) is 43.2 Å². The largest absolute Gasteiger partial charge is 0.481 e. The third kappa shape index (κ3) is 5.73. The van der Waals surface area contributed by atoms with Crippen LogP contribution in [0.25, 0.3) is 0 Å². The number of rotatable bonds is 7. The normalized spacial score (nSPS) is 11.7. The number of benzene rings is 1. The molecule has 0 heterocycles. The summed E-state index contributed by atoms with van der Waals surface area (Å²) in [7, 11) is 0. The second kappa shape index (κ2) is 8.19. The molecule has 3 N–H and O–H groups in total. The zero-order valence-electron chi connectivity index (χ0n) is 12.0. The maximum absolute atomic E-state index is 11.6. The summed E-state index contributed by atoms with van der Waals surface area (Å²) in [5.41, 5.74) is 2.18. The Kier molecular flexibility index (Phi) is 6.56. The molecule has 0 spiro atoms. The molecule has 0 saturated heterocycles. The molecule has 0 aliphatic rings. The Labute approximate surface area is 119 Å². The first-order valence-corrected chi connectivity index (χ1v) is 6.83. The van der Waals surface area contributed by atoms with Crippen LogP contribution in [0.4, 0.5) is 4.79 Å². The van der Waals surface area contributed by atoms with E-state index in [0.717, 1.165) is 12.0 Å². The van der Waals surface area contributed by atoms with Crippen LogP contribution >= 0.6 is 0 Å². The summed E-state index contributed by atoms with van der Waals surface area (Å²) in [5, 5.41) is 14.3. The number of hydrogen-bond acceptors (Lipinski definition) is 2. The number of carbonyl (C=O) groups excluding carboxylic acids is 1. The van der Waals surface area contributed by atoms with Gasteiger partial charge in [0.15, 0.2) is 0 Å². The van der Waals surface area contributed by atoms with E-state index in [9.17, 15) is 9.59 Å². The molecule has 1 unspecified atom stereocenters. The molecule has 0 aromatic heterocycles. The number of aryl methyl sites for hydroxylation is 1. The first-order valence-electron chi connectivity index (χ1n) is 6.83. The van der Waals surface area contributed by atoms with Crippen molar-refractivity contribution in [2.24, 2.45) is 5.92 Å². The van der Waals surface area contributed by atoms with Crippen molar-refractivity contribution < 1.29 is 14.7 Å². The standard InChI is InChI=1S/C15H22N2O3/c1-3-4-13(14(18)19)10-17-15(20)16-9-12-7-5-11(2)6-8-12/h5-8,13H,3-4,9-10H2,1-2H3,(H,18,19)(H2,16,17,20). The molecule has 0 bridgehead atoms. The lowest BCUT2D eigenvalue weighted by Crippen LogP contribution is -2.39. The summed E-state index contributed by atoms with van der Waals surface area (Å²) in [5.74, 6) is -1.39. The van der Waals surface area contributed by atoms with Crippen LogP contribution in [0, 0.1) is 12.8 Å².